The molecule has 0 aromatic carbocycles. The predicted molar refractivity (Wildman–Crippen MR) is 67.3 cm³/mol. The molecule has 1 aliphatic rings. The van der Waals surface area contributed by atoms with Crippen molar-refractivity contribution in [1.29, 1.82) is 0 Å². The van der Waals surface area contributed by atoms with Crippen LogP contribution < -0.4 is 10.2 Å². The molecule has 0 aliphatic carbocycles. The third-order valence-corrected chi connectivity index (χ3v) is 4.53. The van der Waals surface area contributed by atoms with Crippen LogP contribution in [0, 0.1) is 0 Å². The Morgan fingerprint density at radius 3 is 2.67 bits per heavy atom. The Bertz CT molecular complexity index is 485. The zero-order valence-electron chi connectivity index (χ0n) is 10.6. The molecule has 8 heteroatoms. The Kier molecular flexibility index (Phi) is 3.86. The highest BCUT2D eigenvalue weighted by atomic mass is 32.2. The molecule has 1 aromatic rings. The van der Waals surface area contributed by atoms with E-state index < -0.39 is 9.84 Å². The van der Waals surface area contributed by atoms with Gasteiger partial charge in [-0.05, 0) is 13.5 Å². The number of hydrogen-bond acceptors (Lipinski definition) is 7. The van der Waals surface area contributed by atoms with Crippen LogP contribution >= 0.6 is 0 Å². The fourth-order valence-electron chi connectivity index (χ4n) is 1.83. The quantitative estimate of drug-likeness (QED) is 0.825. The van der Waals surface area contributed by atoms with Crippen LogP contribution in [0.25, 0.3) is 0 Å². The molecule has 1 atom stereocenters. The number of nitrogens with one attached hydrogen (secondary N) is 1. The van der Waals surface area contributed by atoms with Crippen molar-refractivity contribution in [2.24, 2.45) is 0 Å². The summed E-state index contributed by atoms with van der Waals surface area (Å²) in [6, 6.07) is 0.412. The van der Waals surface area contributed by atoms with Crippen molar-refractivity contribution in [1.82, 2.24) is 15.5 Å². The topological polar surface area (TPSA) is 88.3 Å². The van der Waals surface area contributed by atoms with E-state index in [1.807, 2.05) is 18.7 Å². The summed E-state index contributed by atoms with van der Waals surface area (Å²) in [5.41, 5.74) is 0. The van der Waals surface area contributed by atoms with E-state index in [0.29, 0.717) is 25.0 Å². The minimum Gasteiger partial charge on any atom is -0.406 e. The molecule has 18 heavy (non-hydrogen) atoms. The third kappa shape index (κ3) is 2.99. The molecule has 2 rings (SSSR count). The van der Waals surface area contributed by atoms with Crippen molar-refractivity contribution in [3.8, 4) is 0 Å². The first-order valence-corrected chi connectivity index (χ1v) is 7.86. The van der Waals surface area contributed by atoms with Crippen LogP contribution in [0.4, 0.5) is 6.01 Å². The van der Waals surface area contributed by atoms with Crippen molar-refractivity contribution in [3.05, 3.63) is 5.89 Å². The van der Waals surface area contributed by atoms with Crippen LogP contribution in [0.5, 0.6) is 0 Å². The van der Waals surface area contributed by atoms with E-state index in [9.17, 15) is 8.42 Å². The lowest BCUT2D eigenvalue weighted by atomic mass is 10.3. The maximum Gasteiger partial charge on any atom is 0.318 e. The summed E-state index contributed by atoms with van der Waals surface area (Å²) in [6.45, 7) is 5.60. The molecule has 102 valence electrons. The second kappa shape index (κ2) is 5.23. The lowest BCUT2D eigenvalue weighted by molar-refractivity contribution is 0.419. The van der Waals surface area contributed by atoms with Crippen LogP contribution in [-0.4, -0.2) is 49.8 Å². The van der Waals surface area contributed by atoms with Crippen LogP contribution in [0.1, 0.15) is 25.8 Å². The van der Waals surface area contributed by atoms with Crippen LogP contribution in [0.2, 0.25) is 0 Å². The Labute approximate surface area is 106 Å². The summed E-state index contributed by atoms with van der Waals surface area (Å²) in [4.78, 5) is 1.82. The molecule has 0 saturated carbocycles. The lowest BCUT2D eigenvalue weighted by Crippen LogP contribution is -2.40. The monoisotopic (exact) mass is 274 g/mol. The lowest BCUT2D eigenvalue weighted by Gasteiger charge is -2.24. The third-order valence-electron chi connectivity index (χ3n) is 2.93. The molecule has 0 bridgehead atoms. The fraction of sp³-hybridized carbons (Fsp3) is 0.800. The van der Waals surface area contributed by atoms with Gasteiger partial charge in [-0.1, -0.05) is 12.0 Å². The van der Waals surface area contributed by atoms with Gasteiger partial charge < -0.3 is 14.6 Å². The molecule has 1 aromatic heterocycles. The summed E-state index contributed by atoms with van der Waals surface area (Å²) in [6.07, 6.45) is 0. The van der Waals surface area contributed by atoms with Crippen LogP contribution in [0.3, 0.4) is 0 Å². The van der Waals surface area contributed by atoms with Gasteiger partial charge in [0.05, 0.1) is 17.5 Å². The van der Waals surface area contributed by atoms with Gasteiger partial charge in [0.25, 0.3) is 0 Å². The van der Waals surface area contributed by atoms with Gasteiger partial charge in [0.15, 0.2) is 9.84 Å². The first-order chi connectivity index (χ1) is 8.52. The van der Waals surface area contributed by atoms with Crippen LogP contribution in [-0.2, 0) is 9.84 Å². The van der Waals surface area contributed by atoms with Gasteiger partial charge in [-0.2, -0.15) is 0 Å². The molecule has 0 spiro atoms. The summed E-state index contributed by atoms with van der Waals surface area (Å²) >= 11 is 0. The molecule has 1 N–H and O–H groups in total. The van der Waals surface area contributed by atoms with Gasteiger partial charge in [0.1, 0.15) is 0 Å². The van der Waals surface area contributed by atoms with Gasteiger partial charge in [-0.25, -0.2) is 8.42 Å². The molecule has 0 radical (unpaired) electrons. The number of hydrogen-bond donors (Lipinski definition) is 1. The van der Waals surface area contributed by atoms with E-state index in [2.05, 4.69) is 15.5 Å². The number of sulfone groups is 1. The van der Waals surface area contributed by atoms with Crippen molar-refractivity contribution >= 4 is 15.9 Å². The Morgan fingerprint density at radius 1 is 1.39 bits per heavy atom. The number of nitrogens with zero attached hydrogens (tertiary/aromatic N) is 3. The highest BCUT2D eigenvalue weighted by Crippen LogP contribution is 2.18. The fourth-order valence-corrected chi connectivity index (χ4v) is 3.03. The average Bonchev–Trinajstić information content (AvgIpc) is 2.79. The first kappa shape index (κ1) is 13.3. The van der Waals surface area contributed by atoms with Crippen LogP contribution in [0.15, 0.2) is 4.42 Å². The van der Waals surface area contributed by atoms with E-state index in [0.717, 1.165) is 6.54 Å². The predicted octanol–water partition coefficient (Wildman–Crippen LogP) is -0.0251. The van der Waals surface area contributed by atoms with Gasteiger partial charge in [0, 0.05) is 13.1 Å². The molecular weight excluding hydrogens is 256 g/mol. The van der Waals surface area contributed by atoms with E-state index in [1.165, 1.54) is 0 Å². The highest BCUT2D eigenvalue weighted by molar-refractivity contribution is 7.91. The van der Waals surface area contributed by atoms with E-state index >= 15 is 0 Å². The van der Waals surface area contributed by atoms with Gasteiger partial charge in [0.2, 0.25) is 5.89 Å². The standard InChI is InChI=1S/C10H18N4O3S/c1-3-11-8(2)9-12-13-10(17-9)14-4-6-18(15,16)7-5-14/h8,11H,3-7H2,1-2H3. The minimum atomic E-state index is -2.89. The molecule has 0 amide bonds. The highest BCUT2D eigenvalue weighted by Gasteiger charge is 2.25. The zero-order chi connectivity index (χ0) is 13.2. The molecule has 1 fully saturated rings. The normalized spacial score (nSPS) is 20.9. The van der Waals surface area contributed by atoms with Gasteiger partial charge in [-0.15, -0.1) is 5.10 Å². The van der Waals surface area contributed by atoms with Crippen molar-refractivity contribution in [2.75, 3.05) is 36.0 Å². The maximum atomic E-state index is 11.3. The molecule has 7 nitrogen and oxygen atoms in total. The average molecular weight is 274 g/mol. The summed E-state index contributed by atoms with van der Waals surface area (Å²) in [5, 5.41) is 11.1. The van der Waals surface area contributed by atoms with Crippen molar-refractivity contribution < 1.29 is 12.8 Å². The largest absolute Gasteiger partial charge is 0.406 e. The van der Waals surface area contributed by atoms with Gasteiger partial charge >= 0.3 is 6.01 Å². The molecule has 2 heterocycles. The Balaban J connectivity index is 2.02. The first-order valence-electron chi connectivity index (χ1n) is 6.04. The minimum absolute atomic E-state index is 0.00442. The second-order valence-corrected chi connectivity index (χ2v) is 6.64. The zero-order valence-corrected chi connectivity index (χ0v) is 11.4. The second-order valence-electron chi connectivity index (χ2n) is 4.34. The number of rotatable bonds is 4. The SMILES string of the molecule is CCNC(C)c1nnc(N2CCS(=O)(=O)CC2)o1. The number of aromatic nitrogens is 2. The Morgan fingerprint density at radius 2 is 2.06 bits per heavy atom. The van der Waals surface area contributed by atoms with Crippen molar-refractivity contribution in [2.45, 2.75) is 19.9 Å². The smallest absolute Gasteiger partial charge is 0.318 e. The summed E-state index contributed by atoms with van der Waals surface area (Å²) < 4.78 is 28.2. The summed E-state index contributed by atoms with van der Waals surface area (Å²) in [5.74, 6) is 0.821. The van der Waals surface area contributed by atoms with E-state index in [1.54, 1.807) is 0 Å². The molecule has 1 saturated heterocycles. The van der Waals surface area contributed by atoms with Crippen molar-refractivity contribution in [3.63, 3.8) is 0 Å². The summed E-state index contributed by atoms with van der Waals surface area (Å²) in [7, 11) is -2.89. The van der Waals surface area contributed by atoms with E-state index in [4.69, 9.17) is 4.42 Å². The number of anilines is 1. The maximum absolute atomic E-state index is 11.3. The van der Waals surface area contributed by atoms with E-state index in [-0.39, 0.29) is 17.5 Å². The molecule has 1 unspecified atom stereocenters. The Hall–Kier alpha value is -1.15. The molecular formula is C10H18N4O3S. The van der Waals surface area contributed by atoms with Gasteiger partial charge in [-0.3, -0.25) is 0 Å². The molecule has 1 aliphatic heterocycles.